The summed E-state index contributed by atoms with van der Waals surface area (Å²) in [5.41, 5.74) is 0.0962. The third kappa shape index (κ3) is 3.29. The summed E-state index contributed by atoms with van der Waals surface area (Å²) in [6.45, 7) is 10.4. The van der Waals surface area contributed by atoms with E-state index in [0.29, 0.717) is 17.7 Å². The third-order valence-corrected chi connectivity index (χ3v) is 9.33. The Bertz CT molecular complexity index is 663. The van der Waals surface area contributed by atoms with Crippen molar-refractivity contribution in [3.63, 3.8) is 0 Å². The molecule has 5 fully saturated rings. The lowest BCUT2D eigenvalue weighted by molar-refractivity contribution is -0.145. The topological polar surface area (TPSA) is 53.1 Å². The molecular weight excluding hydrogens is 378 g/mol. The van der Waals surface area contributed by atoms with E-state index in [1.807, 2.05) is 0 Å². The van der Waals surface area contributed by atoms with Crippen molar-refractivity contribution in [2.45, 2.75) is 58.3 Å². The van der Waals surface area contributed by atoms with Crippen LogP contribution < -0.4 is 0 Å². The lowest BCUT2D eigenvalue weighted by Crippen LogP contribution is -2.51. The highest BCUT2D eigenvalue weighted by molar-refractivity contribution is 5.85. The molecule has 30 heavy (non-hydrogen) atoms. The van der Waals surface area contributed by atoms with Crippen LogP contribution in [0.4, 0.5) is 0 Å². The van der Waals surface area contributed by atoms with Crippen molar-refractivity contribution >= 4 is 11.8 Å². The minimum Gasteiger partial charge on any atom is -0.381 e. The summed E-state index contributed by atoms with van der Waals surface area (Å²) >= 11 is 0. The Morgan fingerprint density at radius 2 is 1.63 bits per heavy atom. The van der Waals surface area contributed by atoms with Gasteiger partial charge in [0.2, 0.25) is 11.8 Å². The lowest BCUT2D eigenvalue weighted by atomic mass is 9.65. The number of carbonyl (C=O) groups excluding carboxylic acids is 2. The van der Waals surface area contributed by atoms with E-state index >= 15 is 0 Å². The Morgan fingerprint density at radius 1 is 0.933 bits per heavy atom. The lowest BCUT2D eigenvalue weighted by Gasteiger charge is -2.45. The standard InChI is InChI=1S/C24H39N3O3/c1-2-25-17-20-23(7-8-24(20,18-25)22(29)27-11-3-4-12-27)9-13-26(14-10-23)21(28)19-5-15-30-16-6-19/h19-20H,2-18H2,1H3/t20-,24+/m0/s1. The van der Waals surface area contributed by atoms with Crippen molar-refractivity contribution in [3.8, 4) is 0 Å². The highest BCUT2D eigenvalue weighted by atomic mass is 16.5. The van der Waals surface area contributed by atoms with E-state index < -0.39 is 0 Å². The third-order valence-electron chi connectivity index (χ3n) is 9.33. The van der Waals surface area contributed by atoms with E-state index in [2.05, 4.69) is 21.6 Å². The molecule has 1 aliphatic carbocycles. The van der Waals surface area contributed by atoms with Gasteiger partial charge in [-0.3, -0.25) is 9.59 Å². The number of nitrogens with zero attached hydrogens (tertiary/aromatic N) is 3. The summed E-state index contributed by atoms with van der Waals surface area (Å²) in [5, 5.41) is 0. The zero-order valence-corrected chi connectivity index (χ0v) is 18.7. The van der Waals surface area contributed by atoms with Gasteiger partial charge in [0.15, 0.2) is 0 Å². The predicted molar refractivity (Wildman–Crippen MR) is 115 cm³/mol. The molecule has 4 heterocycles. The van der Waals surface area contributed by atoms with Crippen molar-refractivity contribution in [1.29, 1.82) is 0 Å². The van der Waals surface area contributed by atoms with Gasteiger partial charge in [-0.1, -0.05) is 6.92 Å². The van der Waals surface area contributed by atoms with Crippen LogP contribution in [0.2, 0.25) is 0 Å². The molecule has 2 atom stereocenters. The molecule has 0 aromatic carbocycles. The maximum Gasteiger partial charge on any atom is 0.230 e. The minimum atomic E-state index is -0.159. The number of fused-ring (bicyclic) bond motifs is 2. The van der Waals surface area contributed by atoms with Gasteiger partial charge >= 0.3 is 0 Å². The maximum atomic E-state index is 13.7. The first kappa shape index (κ1) is 20.7. The normalized spacial score (nSPS) is 34.6. The summed E-state index contributed by atoms with van der Waals surface area (Å²) < 4.78 is 5.45. The number of hydrogen-bond acceptors (Lipinski definition) is 4. The number of piperidine rings is 1. The Kier molecular flexibility index (Phi) is 5.59. The van der Waals surface area contributed by atoms with Crippen LogP contribution in [0, 0.1) is 22.7 Å². The molecule has 0 bridgehead atoms. The van der Waals surface area contributed by atoms with Gasteiger partial charge < -0.3 is 19.4 Å². The second kappa shape index (κ2) is 8.09. The van der Waals surface area contributed by atoms with Gasteiger partial charge in [-0.15, -0.1) is 0 Å². The first-order chi connectivity index (χ1) is 14.6. The molecule has 0 aromatic heterocycles. The van der Waals surface area contributed by atoms with Crippen LogP contribution in [0.15, 0.2) is 0 Å². The summed E-state index contributed by atoms with van der Waals surface area (Å²) in [6, 6.07) is 0. The fourth-order valence-corrected chi connectivity index (χ4v) is 7.46. The molecule has 4 aliphatic heterocycles. The Morgan fingerprint density at radius 3 is 2.30 bits per heavy atom. The monoisotopic (exact) mass is 417 g/mol. The second-order valence-corrected chi connectivity index (χ2v) is 10.6. The highest BCUT2D eigenvalue weighted by Gasteiger charge is 2.64. The minimum absolute atomic E-state index is 0.159. The van der Waals surface area contributed by atoms with Gasteiger partial charge in [0.25, 0.3) is 0 Å². The molecular formula is C24H39N3O3. The summed E-state index contributed by atoms with van der Waals surface area (Å²) in [7, 11) is 0. The van der Waals surface area contributed by atoms with Gasteiger partial charge in [0.1, 0.15) is 0 Å². The van der Waals surface area contributed by atoms with Gasteiger partial charge in [-0.05, 0) is 69.2 Å². The predicted octanol–water partition coefficient (Wildman–Crippen LogP) is 2.38. The Hall–Kier alpha value is -1.14. The number of carbonyl (C=O) groups is 2. The Labute approximate surface area is 181 Å². The van der Waals surface area contributed by atoms with Crippen LogP contribution in [0.25, 0.3) is 0 Å². The van der Waals surface area contributed by atoms with Crippen LogP contribution in [0.1, 0.15) is 58.3 Å². The van der Waals surface area contributed by atoms with Gasteiger partial charge in [0.05, 0.1) is 5.41 Å². The number of rotatable bonds is 3. The maximum absolute atomic E-state index is 13.7. The van der Waals surface area contributed by atoms with E-state index in [0.717, 1.165) is 91.1 Å². The van der Waals surface area contributed by atoms with E-state index in [4.69, 9.17) is 4.74 Å². The summed E-state index contributed by atoms with van der Waals surface area (Å²) in [4.78, 5) is 33.6. The highest BCUT2D eigenvalue weighted by Crippen LogP contribution is 2.62. The largest absolute Gasteiger partial charge is 0.381 e. The molecule has 6 heteroatoms. The summed E-state index contributed by atoms with van der Waals surface area (Å²) in [6.07, 6.45) is 8.48. The van der Waals surface area contributed by atoms with Crippen LogP contribution in [-0.4, -0.2) is 85.5 Å². The second-order valence-electron chi connectivity index (χ2n) is 10.6. The van der Waals surface area contributed by atoms with E-state index in [1.165, 1.54) is 19.3 Å². The van der Waals surface area contributed by atoms with Gasteiger partial charge in [-0.25, -0.2) is 0 Å². The number of likely N-dealkylation sites (tertiary alicyclic amines) is 3. The van der Waals surface area contributed by atoms with Gasteiger partial charge in [0, 0.05) is 58.4 Å². The van der Waals surface area contributed by atoms with Crippen molar-refractivity contribution in [2.24, 2.45) is 22.7 Å². The van der Waals surface area contributed by atoms with E-state index in [9.17, 15) is 9.59 Å². The van der Waals surface area contributed by atoms with E-state index in [1.54, 1.807) is 0 Å². The van der Waals surface area contributed by atoms with Crippen molar-refractivity contribution in [3.05, 3.63) is 0 Å². The number of ether oxygens (including phenoxy) is 1. The van der Waals surface area contributed by atoms with Crippen molar-refractivity contribution < 1.29 is 14.3 Å². The molecule has 2 amide bonds. The van der Waals surface area contributed by atoms with Crippen LogP contribution >= 0.6 is 0 Å². The zero-order valence-electron chi connectivity index (χ0n) is 18.7. The molecule has 5 aliphatic rings. The van der Waals surface area contributed by atoms with Crippen molar-refractivity contribution in [1.82, 2.24) is 14.7 Å². The van der Waals surface area contributed by atoms with E-state index in [-0.39, 0.29) is 16.7 Å². The SMILES string of the molecule is CCN1C[C@H]2C3(CCN(C(=O)C4CCOCC4)CC3)CC[C@@]2(C(=O)N2CCCC2)C1. The molecule has 0 radical (unpaired) electrons. The summed E-state index contributed by atoms with van der Waals surface area (Å²) in [5.74, 6) is 1.44. The molecule has 168 valence electrons. The van der Waals surface area contributed by atoms with Gasteiger partial charge in [-0.2, -0.15) is 0 Å². The van der Waals surface area contributed by atoms with Crippen LogP contribution in [0.5, 0.6) is 0 Å². The molecule has 0 unspecified atom stereocenters. The molecule has 0 aromatic rings. The molecule has 0 N–H and O–H groups in total. The number of amides is 2. The molecule has 4 saturated heterocycles. The Balaban J connectivity index is 1.30. The molecule has 6 nitrogen and oxygen atoms in total. The quantitative estimate of drug-likeness (QED) is 0.708. The molecule has 1 saturated carbocycles. The van der Waals surface area contributed by atoms with Crippen LogP contribution in [-0.2, 0) is 14.3 Å². The molecule has 1 spiro atoms. The first-order valence-electron chi connectivity index (χ1n) is 12.5. The zero-order chi connectivity index (χ0) is 20.8. The average molecular weight is 418 g/mol. The number of hydrogen-bond donors (Lipinski definition) is 0. The average Bonchev–Trinajstić information content (AvgIpc) is 3.52. The first-order valence-corrected chi connectivity index (χ1v) is 12.5. The van der Waals surface area contributed by atoms with Crippen molar-refractivity contribution in [2.75, 3.05) is 59.0 Å². The van der Waals surface area contributed by atoms with Crippen LogP contribution in [0.3, 0.4) is 0 Å². The fourth-order valence-electron chi connectivity index (χ4n) is 7.46. The molecule has 5 rings (SSSR count). The fraction of sp³-hybridized carbons (Fsp3) is 0.917. The smallest absolute Gasteiger partial charge is 0.230 e.